The molecular weight excluding hydrogens is 533 g/mol. The molecule has 0 aliphatic rings. The fraction of sp³-hybridized carbons (Fsp3) is 0.441. The van der Waals surface area contributed by atoms with E-state index in [0.29, 0.717) is 18.4 Å². The highest BCUT2D eigenvalue weighted by Gasteiger charge is 2.29. The van der Waals surface area contributed by atoms with Gasteiger partial charge in [-0.3, -0.25) is 14.4 Å². The van der Waals surface area contributed by atoms with Crippen molar-refractivity contribution in [2.75, 3.05) is 20.6 Å². The summed E-state index contributed by atoms with van der Waals surface area (Å²) >= 11 is 0. The summed E-state index contributed by atoms with van der Waals surface area (Å²) in [5.41, 5.74) is 5.67. The van der Waals surface area contributed by atoms with E-state index < -0.39 is 36.2 Å². The minimum Gasteiger partial charge on any atom is -0.481 e. The standard InChI is InChI=1S/C34H44FN3O4/c1-20(2)14-29(38-19-25(12-13-37(7)8)23(5)16-30(38)39)34(42)36-28(18-31(40)41)27-17-26(15-24(6)33(27)35)32-21(3)10-9-11-22(32)4/h9-11,15-17,19-20,28-29H,12-14,18H2,1-8H3,(H,36,42)(H,40,41)/t28-,29?/m0/s1. The fourth-order valence-electron chi connectivity index (χ4n) is 5.47. The zero-order valence-corrected chi connectivity index (χ0v) is 26.0. The topological polar surface area (TPSA) is 91.6 Å². The molecule has 0 saturated carbocycles. The first kappa shape index (κ1) is 32.7. The number of aliphatic carboxylic acids is 1. The van der Waals surface area contributed by atoms with Gasteiger partial charge in [0, 0.05) is 24.4 Å². The zero-order valence-electron chi connectivity index (χ0n) is 26.0. The normalized spacial score (nSPS) is 12.9. The maximum absolute atomic E-state index is 15.7. The summed E-state index contributed by atoms with van der Waals surface area (Å²) in [6.45, 7) is 12.1. The molecule has 7 nitrogen and oxygen atoms in total. The molecule has 0 aliphatic heterocycles. The summed E-state index contributed by atoms with van der Waals surface area (Å²) < 4.78 is 17.1. The Balaban J connectivity index is 2.09. The second kappa shape index (κ2) is 13.9. The van der Waals surface area contributed by atoms with Gasteiger partial charge in [-0.15, -0.1) is 0 Å². The molecule has 2 atom stereocenters. The number of nitrogens with zero attached hydrogens (tertiary/aromatic N) is 2. The first-order valence-electron chi connectivity index (χ1n) is 14.4. The molecule has 8 heteroatoms. The Bertz CT molecular complexity index is 1490. The number of pyridine rings is 1. The van der Waals surface area contributed by atoms with Gasteiger partial charge in [0.1, 0.15) is 11.9 Å². The lowest BCUT2D eigenvalue weighted by atomic mass is 9.90. The molecule has 2 N–H and O–H groups in total. The lowest BCUT2D eigenvalue weighted by molar-refractivity contribution is -0.138. The van der Waals surface area contributed by atoms with E-state index >= 15 is 4.39 Å². The number of rotatable bonds is 12. The number of carbonyl (C=O) groups excluding carboxylic acids is 1. The van der Waals surface area contributed by atoms with Gasteiger partial charge in [0.2, 0.25) is 5.91 Å². The highest BCUT2D eigenvalue weighted by molar-refractivity contribution is 5.82. The molecule has 3 rings (SSSR count). The van der Waals surface area contributed by atoms with Crippen LogP contribution in [0.1, 0.15) is 72.2 Å². The first-order chi connectivity index (χ1) is 19.7. The summed E-state index contributed by atoms with van der Waals surface area (Å²) in [6, 6.07) is 8.79. The number of hydrogen-bond donors (Lipinski definition) is 2. The van der Waals surface area contributed by atoms with Crippen molar-refractivity contribution in [1.82, 2.24) is 14.8 Å². The number of benzene rings is 2. The molecule has 0 aliphatic carbocycles. The van der Waals surface area contributed by atoms with Crippen molar-refractivity contribution >= 4 is 11.9 Å². The summed E-state index contributed by atoms with van der Waals surface area (Å²) in [6.07, 6.45) is 2.29. The van der Waals surface area contributed by atoms with E-state index in [9.17, 15) is 19.5 Å². The van der Waals surface area contributed by atoms with E-state index in [0.717, 1.165) is 39.9 Å². The van der Waals surface area contributed by atoms with Crippen molar-refractivity contribution in [3.63, 3.8) is 0 Å². The summed E-state index contributed by atoms with van der Waals surface area (Å²) in [5, 5.41) is 12.6. The first-order valence-corrected chi connectivity index (χ1v) is 14.4. The van der Waals surface area contributed by atoms with Gasteiger partial charge in [-0.25, -0.2) is 4.39 Å². The molecule has 1 amide bonds. The minimum absolute atomic E-state index is 0.0587. The van der Waals surface area contributed by atoms with Crippen LogP contribution in [0.2, 0.25) is 0 Å². The van der Waals surface area contributed by atoms with E-state index in [1.165, 1.54) is 10.6 Å². The van der Waals surface area contributed by atoms with Gasteiger partial charge in [-0.05, 0) is 112 Å². The molecule has 3 aromatic rings. The molecule has 2 aromatic carbocycles. The Morgan fingerprint density at radius 1 is 1.00 bits per heavy atom. The van der Waals surface area contributed by atoms with Crippen LogP contribution in [0, 0.1) is 39.4 Å². The lowest BCUT2D eigenvalue weighted by Crippen LogP contribution is -2.40. The molecule has 1 heterocycles. The van der Waals surface area contributed by atoms with Crippen LogP contribution >= 0.6 is 0 Å². The Morgan fingerprint density at radius 3 is 2.21 bits per heavy atom. The van der Waals surface area contributed by atoms with E-state index in [1.807, 2.05) is 71.8 Å². The van der Waals surface area contributed by atoms with Crippen LogP contribution in [0.25, 0.3) is 11.1 Å². The number of halogens is 1. The number of carboxylic acids is 1. The Kier molecular flexibility index (Phi) is 10.9. The predicted octanol–water partition coefficient (Wildman–Crippen LogP) is 5.91. The quantitative estimate of drug-likeness (QED) is 0.279. The van der Waals surface area contributed by atoms with Gasteiger partial charge in [-0.2, -0.15) is 0 Å². The van der Waals surface area contributed by atoms with E-state index in [2.05, 4.69) is 5.32 Å². The van der Waals surface area contributed by atoms with Gasteiger partial charge in [0.05, 0.1) is 12.5 Å². The van der Waals surface area contributed by atoms with Crippen LogP contribution in [-0.2, 0) is 16.0 Å². The Morgan fingerprint density at radius 2 is 1.64 bits per heavy atom. The second-order valence-electron chi connectivity index (χ2n) is 12.0. The van der Waals surface area contributed by atoms with Crippen molar-refractivity contribution in [1.29, 1.82) is 0 Å². The summed E-state index contributed by atoms with van der Waals surface area (Å²) in [5.74, 6) is -2.19. The molecule has 226 valence electrons. The third-order valence-corrected chi connectivity index (χ3v) is 7.68. The highest BCUT2D eigenvalue weighted by atomic mass is 19.1. The molecule has 0 fully saturated rings. The average molecular weight is 578 g/mol. The number of likely N-dealkylation sites (N-methyl/N-ethyl adjacent to an activating group) is 1. The van der Waals surface area contributed by atoms with Crippen molar-refractivity contribution in [3.05, 3.63) is 92.1 Å². The summed E-state index contributed by atoms with van der Waals surface area (Å²) in [4.78, 5) is 41.1. The number of amides is 1. The smallest absolute Gasteiger partial charge is 0.305 e. The van der Waals surface area contributed by atoms with E-state index in [4.69, 9.17) is 0 Å². The molecule has 1 unspecified atom stereocenters. The third kappa shape index (κ3) is 7.94. The van der Waals surface area contributed by atoms with Crippen molar-refractivity contribution in [2.45, 2.75) is 72.9 Å². The van der Waals surface area contributed by atoms with Crippen LogP contribution in [0.4, 0.5) is 4.39 Å². The number of aryl methyl sites for hydroxylation is 4. The van der Waals surface area contributed by atoms with Crippen LogP contribution in [0.15, 0.2) is 47.4 Å². The van der Waals surface area contributed by atoms with Crippen molar-refractivity contribution in [3.8, 4) is 11.1 Å². The van der Waals surface area contributed by atoms with E-state index in [-0.39, 0.29) is 17.0 Å². The van der Waals surface area contributed by atoms with Gasteiger partial charge < -0.3 is 19.9 Å². The lowest BCUT2D eigenvalue weighted by Gasteiger charge is -2.26. The van der Waals surface area contributed by atoms with Crippen molar-refractivity contribution < 1.29 is 19.1 Å². The maximum Gasteiger partial charge on any atom is 0.305 e. The van der Waals surface area contributed by atoms with Crippen LogP contribution in [0.3, 0.4) is 0 Å². The molecule has 0 bridgehead atoms. The number of aromatic nitrogens is 1. The fourth-order valence-corrected chi connectivity index (χ4v) is 5.47. The number of carboxylic acid groups (broad SMARTS) is 1. The van der Waals surface area contributed by atoms with E-state index in [1.54, 1.807) is 25.3 Å². The van der Waals surface area contributed by atoms with Gasteiger partial charge in [0.25, 0.3) is 5.56 Å². The molecule has 1 aromatic heterocycles. The average Bonchev–Trinajstić information content (AvgIpc) is 2.88. The zero-order chi connectivity index (χ0) is 31.3. The number of carbonyl (C=O) groups is 2. The van der Waals surface area contributed by atoms with Gasteiger partial charge >= 0.3 is 5.97 Å². The third-order valence-electron chi connectivity index (χ3n) is 7.68. The van der Waals surface area contributed by atoms with Crippen molar-refractivity contribution in [2.24, 2.45) is 5.92 Å². The molecule has 0 spiro atoms. The second-order valence-corrected chi connectivity index (χ2v) is 12.0. The van der Waals surface area contributed by atoms with Crippen LogP contribution in [0.5, 0.6) is 0 Å². The van der Waals surface area contributed by atoms with Crippen LogP contribution in [-0.4, -0.2) is 47.1 Å². The van der Waals surface area contributed by atoms with Gasteiger partial charge in [0.15, 0.2) is 0 Å². The van der Waals surface area contributed by atoms with Crippen LogP contribution < -0.4 is 10.9 Å². The summed E-state index contributed by atoms with van der Waals surface area (Å²) in [7, 11) is 3.94. The SMILES string of the molecule is Cc1cc(=O)n(C(CC(C)C)C(=O)N[C@@H](CC(=O)O)c2cc(-c3c(C)cccc3C)cc(C)c2F)cc1CCN(C)C. The van der Waals surface area contributed by atoms with Gasteiger partial charge in [-0.1, -0.05) is 32.0 Å². The Hall–Kier alpha value is -3.78. The highest BCUT2D eigenvalue weighted by Crippen LogP contribution is 2.33. The number of hydrogen-bond acceptors (Lipinski definition) is 4. The molecule has 42 heavy (non-hydrogen) atoms. The largest absolute Gasteiger partial charge is 0.481 e. The molecular formula is C34H44FN3O4. The Labute approximate surface area is 248 Å². The monoisotopic (exact) mass is 577 g/mol. The minimum atomic E-state index is -1.17. The number of nitrogens with one attached hydrogen (secondary N) is 1. The maximum atomic E-state index is 15.7. The molecule has 0 radical (unpaired) electrons. The molecule has 0 saturated heterocycles. The predicted molar refractivity (Wildman–Crippen MR) is 165 cm³/mol.